The fraction of sp³-hybridized carbons (Fsp3) is 0.778. The van der Waals surface area contributed by atoms with Gasteiger partial charge in [-0.3, -0.25) is 4.79 Å². The van der Waals surface area contributed by atoms with Gasteiger partial charge in [-0.1, -0.05) is 0 Å². The first-order valence-electron chi connectivity index (χ1n) is 4.50. The van der Waals surface area contributed by atoms with E-state index in [0.717, 1.165) is 0 Å². The first-order chi connectivity index (χ1) is 6.11. The van der Waals surface area contributed by atoms with Gasteiger partial charge in [0, 0.05) is 6.42 Å². The summed E-state index contributed by atoms with van der Waals surface area (Å²) in [5.74, 6) is -1.64. The van der Waals surface area contributed by atoms with Crippen molar-refractivity contribution in [2.75, 3.05) is 6.61 Å². The zero-order valence-corrected chi connectivity index (χ0v) is 7.64. The number of rotatable bonds is 2. The molecule has 13 heavy (non-hydrogen) atoms. The summed E-state index contributed by atoms with van der Waals surface area (Å²) in [7, 11) is 0. The molecule has 0 amide bonds. The summed E-state index contributed by atoms with van der Waals surface area (Å²) in [6.07, 6.45) is 1.37. The second-order valence-corrected chi connectivity index (χ2v) is 3.15. The zero-order chi connectivity index (χ0) is 9.90. The molecule has 1 saturated carbocycles. The molecular formula is C9H13FO3. The van der Waals surface area contributed by atoms with E-state index in [1.54, 1.807) is 6.92 Å². The molecule has 1 aliphatic rings. The highest BCUT2D eigenvalue weighted by Crippen LogP contribution is 2.29. The molecule has 0 spiro atoms. The second kappa shape index (κ2) is 3.85. The Labute approximate surface area is 76.3 Å². The number of hydrogen-bond acceptors (Lipinski definition) is 3. The Hall–Kier alpha value is -0.930. The van der Waals surface area contributed by atoms with E-state index in [0.29, 0.717) is 12.8 Å². The summed E-state index contributed by atoms with van der Waals surface area (Å²) < 4.78 is 18.2. The fourth-order valence-electron chi connectivity index (χ4n) is 1.45. The van der Waals surface area contributed by atoms with Gasteiger partial charge in [0.05, 0.1) is 6.61 Å². The summed E-state index contributed by atoms with van der Waals surface area (Å²) in [5, 5.41) is 0. The van der Waals surface area contributed by atoms with Gasteiger partial charge >= 0.3 is 5.97 Å². The number of alkyl halides is 1. The molecule has 0 bridgehead atoms. The average molecular weight is 188 g/mol. The molecule has 0 unspecified atom stereocenters. The largest absolute Gasteiger partial charge is 0.463 e. The SMILES string of the molecule is CCOC(=O)[C@]1(F)CCCCC1=O. The average Bonchev–Trinajstić information content (AvgIpc) is 2.11. The summed E-state index contributed by atoms with van der Waals surface area (Å²) in [6, 6.07) is 0. The molecule has 1 aliphatic carbocycles. The van der Waals surface area contributed by atoms with Crippen molar-refractivity contribution >= 4 is 11.8 Å². The van der Waals surface area contributed by atoms with Crippen LogP contribution >= 0.6 is 0 Å². The zero-order valence-electron chi connectivity index (χ0n) is 7.64. The lowest BCUT2D eigenvalue weighted by Crippen LogP contribution is -2.45. The molecule has 0 aromatic carbocycles. The van der Waals surface area contributed by atoms with Crippen molar-refractivity contribution in [2.24, 2.45) is 0 Å². The van der Waals surface area contributed by atoms with E-state index >= 15 is 0 Å². The van der Waals surface area contributed by atoms with Crippen molar-refractivity contribution in [1.29, 1.82) is 0 Å². The molecule has 0 aliphatic heterocycles. The van der Waals surface area contributed by atoms with Crippen LogP contribution in [0.2, 0.25) is 0 Å². The van der Waals surface area contributed by atoms with E-state index in [2.05, 4.69) is 4.74 Å². The number of halogens is 1. The molecular weight excluding hydrogens is 175 g/mol. The van der Waals surface area contributed by atoms with Gasteiger partial charge in [0.25, 0.3) is 5.67 Å². The molecule has 1 fully saturated rings. The van der Waals surface area contributed by atoms with Crippen molar-refractivity contribution in [3.63, 3.8) is 0 Å². The lowest BCUT2D eigenvalue weighted by Gasteiger charge is -2.25. The normalized spacial score (nSPS) is 28.6. The predicted octanol–water partition coefficient (Wildman–Crippen LogP) is 1.40. The van der Waals surface area contributed by atoms with Crippen LogP contribution in [-0.2, 0) is 14.3 Å². The van der Waals surface area contributed by atoms with Crippen molar-refractivity contribution in [2.45, 2.75) is 38.3 Å². The van der Waals surface area contributed by atoms with Crippen molar-refractivity contribution < 1.29 is 18.7 Å². The standard InChI is InChI=1S/C9H13FO3/c1-2-13-8(12)9(10)6-4-3-5-7(9)11/h2-6H2,1H3/t9-/m0/s1. The molecule has 0 saturated heterocycles. The van der Waals surface area contributed by atoms with Gasteiger partial charge in [-0.05, 0) is 26.2 Å². The third-order valence-corrected chi connectivity index (χ3v) is 2.22. The Morgan fingerprint density at radius 2 is 2.31 bits per heavy atom. The molecule has 0 heterocycles. The Morgan fingerprint density at radius 1 is 1.62 bits per heavy atom. The highest BCUT2D eigenvalue weighted by atomic mass is 19.1. The first kappa shape index (κ1) is 10.2. The number of Topliss-reactive ketones (excluding diaryl/α,β-unsaturated/α-hetero) is 1. The van der Waals surface area contributed by atoms with E-state index in [4.69, 9.17) is 0 Å². The Bertz CT molecular complexity index is 227. The van der Waals surface area contributed by atoms with Gasteiger partial charge < -0.3 is 4.74 Å². The van der Waals surface area contributed by atoms with E-state index in [1.807, 2.05) is 0 Å². The maximum absolute atomic E-state index is 13.7. The highest BCUT2D eigenvalue weighted by Gasteiger charge is 2.48. The van der Waals surface area contributed by atoms with Crippen molar-refractivity contribution in [3.05, 3.63) is 0 Å². The number of ether oxygens (including phenoxy) is 1. The van der Waals surface area contributed by atoms with Crippen LogP contribution in [0.3, 0.4) is 0 Å². The highest BCUT2D eigenvalue weighted by molar-refractivity contribution is 6.07. The van der Waals surface area contributed by atoms with Crippen LogP contribution in [0.15, 0.2) is 0 Å². The third kappa shape index (κ3) is 1.87. The van der Waals surface area contributed by atoms with Crippen molar-refractivity contribution in [3.8, 4) is 0 Å². The lowest BCUT2D eigenvalue weighted by molar-refractivity contribution is -0.164. The van der Waals surface area contributed by atoms with Crippen LogP contribution in [0, 0.1) is 0 Å². The number of carbonyl (C=O) groups excluding carboxylic acids is 2. The number of esters is 1. The number of hydrogen-bond donors (Lipinski definition) is 0. The van der Waals surface area contributed by atoms with Gasteiger partial charge in [-0.25, -0.2) is 9.18 Å². The van der Waals surface area contributed by atoms with Crippen LogP contribution < -0.4 is 0 Å². The lowest BCUT2D eigenvalue weighted by atomic mass is 9.85. The minimum absolute atomic E-state index is 0.0231. The summed E-state index contributed by atoms with van der Waals surface area (Å²) in [5.41, 5.74) is -2.35. The minimum Gasteiger partial charge on any atom is -0.463 e. The third-order valence-electron chi connectivity index (χ3n) is 2.22. The topological polar surface area (TPSA) is 43.4 Å². The van der Waals surface area contributed by atoms with E-state index in [9.17, 15) is 14.0 Å². The van der Waals surface area contributed by atoms with Crippen LogP contribution in [0.1, 0.15) is 32.6 Å². The molecule has 0 N–H and O–H groups in total. The molecule has 0 aromatic heterocycles. The maximum Gasteiger partial charge on any atom is 0.351 e. The monoisotopic (exact) mass is 188 g/mol. The second-order valence-electron chi connectivity index (χ2n) is 3.15. The number of ketones is 1. The molecule has 0 radical (unpaired) electrons. The molecule has 74 valence electrons. The predicted molar refractivity (Wildman–Crippen MR) is 43.9 cm³/mol. The minimum atomic E-state index is -2.35. The molecule has 4 heteroatoms. The first-order valence-corrected chi connectivity index (χ1v) is 4.50. The van der Waals surface area contributed by atoms with Crippen LogP contribution in [0.5, 0.6) is 0 Å². The molecule has 1 atom stereocenters. The van der Waals surface area contributed by atoms with Crippen LogP contribution in [0.25, 0.3) is 0 Å². The quantitative estimate of drug-likeness (QED) is 0.486. The molecule has 3 nitrogen and oxygen atoms in total. The van der Waals surface area contributed by atoms with Gasteiger partial charge in [-0.2, -0.15) is 0 Å². The van der Waals surface area contributed by atoms with Gasteiger partial charge in [0.2, 0.25) is 0 Å². The van der Waals surface area contributed by atoms with E-state index in [1.165, 1.54) is 0 Å². The van der Waals surface area contributed by atoms with Crippen LogP contribution in [0.4, 0.5) is 4.39 Å². The molecule has 0 aromatic rings. The Balaban J connectivity index is 2.71. The Kier molecular flexibility index (Phi) is 3.01. The van der Waals surface area contributed by atoms with Gasteiger partial charge in [0.15, 0.2) is 5.78 Å². The van der Waals surface area contributed by atoms with E-state index < -0.39 is 17.4 Å². The fourth-order valence-corrected chi connectivity index (χ4v) is 1.45. The smallest absolute Gasteiger partial charge is 0.351 e. The van der Waals surface area contributed by atoms with Crippen molar-refractivity contribution in [1.82, 2.24) is 0 Å². The maximum atomic E-state index is 13.7. The summed E-state index contributed by atoms with van der Waals surface area (Å²) >= 11 is 0. The van der Waals surface area contributed by atoms with E-state index in [-0.39, 0.29) is 19.4 Å². The number of carbonyl (C=O) groups is 2. The van der Waals surface area contributed by atoms with Gasteiger partial charge in [0.1, 0.15) is 0 Å². The van der Waals surface area contributed by atoms with Gasteiger partial charge in [-0.15, -0.1) is 0 Å². The molecule has 1 rings (SSSR count). The van der Waals surface area contributed by atoms with Crippen LogP contribution in [-0.4, -0.2) is 24.0 Å². The Morgan fingerprint density at radius 3 is 2.85 bits per heavy atom. The summed E-state index contributed by atoms with van der Waals surface area (Å²) in [4.78, 5) is 22.3. The summed E-state index contributed by atoms with van der Waals surface area (Å²) in [6.45, 7) is 1.70.